The first-order chi connectivity index (χ1) is 13.3. The average molecular weight is 438 g/mol. The highest BCUT2D eigenvalue weighted by atomic mass is 35.5. The van der Waals surface area contributed by atoms with Crippen LogP contribution in [0.15, 0.2) is 65.8 Å². The largest absolute Gasteiger partial charge is 0.328 e. The molecule has 0 radical (unpaired) electrons. The van der Waals surface area contributed by atoms with Crippen molar-refractivity contribution in [1.82, 2.24) is 9.71 Å². The Kier molecular flexibility index (Phi) is 8.10. The minimum absolute atomic E-state index is 0. The van der Waals surface area contributed by atoms with Gasteiger partial charge in [-0.15, -0.1) is 12.4 Å². The van der Waals surface area contributed by atoms with E-state index in [2.05, 4.69) is 9.71 Å². The van der Waals surface area contributed by atoms with Gasteiger partial charge in [0.25, 0.3) is 0 Å². The lowest BCUT2D eigenvalue weighted by molar-refractivity contribution is 0.484. The molecule has 0 aliphatic heterocycles. The monoisotopic (exact) mass is 437 g/mol. The van der Waals surface area contributed by atoms with Crippen LogP contribution >= 0.6 is 12.4 Å². The molecule has 0 saturated carbocycles. The lowest BCUT2D eigenvalue weighted by Crippen LogP contribution is -2.37. The number of fused-ring (bicyclic) bond motifs is 1. The third-order valence-corrected chi connectivity index (χ3v) is 6.24. The first-order valence-electron chi connectivity index (χ1n) is 9.20. The molecule has 0 bridgehead atoms. The number of aryl methyl sites for hydroxylation is 1. The Labute approximate surface area is 177 Å². The molecule has 0 saturated heterocycles. The fourth-order valence-electron chi connectivity index (χ4n) is 3.22. The van der Waals surface area contributed by atoms with Crippen LogP contribution in [0.1, 0.15) is 25.3 Å². The number of benzene rings is 2. The Balaban J connectivity index is 0.00000300. The number of rotatable bonds is 8. The second-order valence-corrected chi connectivity index (χ2v) is 8.76. The van der Waals surface area contributed by atoms with E-state index in [1.54, 1.807) is 13.0 Å². The van der Waals surface area contributed by atoms with Crippen LogP contribution in [-0.4, -0.2) is 25.5 Å². The van der Waals surface area contributed by atoms with E-state index in [1.165, 1.54) is 23.9 Å². The van der Waals surface area contributed by atoms with Crippen molar-refractivity contribution in [3.8, 4) is 0 Å². The van der Waals surface area contributed by atoms with E-state index in [0.29, 0.717) is 11.8 Å². The second kappa shape index (κ2) is 10.1. The molecule has 156 valence electrons. The number of sulfonamides is 1. The normalized spacial score (nSPS) is 13.6. The fourth-order valence-corrected chi connectivity index (χ4v) is 4.51. The molecule has 0 spiro atoms. The summed E-state index contributed by atoms with van der Waals surface area (Å²) in [6, 6.07) is 13.9. The third-order valence-electron chi connectivity index (χ3n) is 4.65. The van der Waals surface area contributed by atoms with Gasteiger partial charge in [0.15, 0.2) is 0 Å². The number of pyridine rings is 1. The van der Waals surface area contributed by atoms with Gasteiger partial charge in [-0.3, -0.25) is 4.98 Å². The molecular formula is C21H25ClFN3O2S. The number of nitrogens with one attached hydrogen (secondary N) is 1. The predicted molar refractivity (Wildman–Crippen MR) is 116 cm³/mol. The molecule has 1 heterocycles. The van der Waals surface area contributed by atoms with Gasteiger partial charge in [0.05, 0.1) is 11.1 Å². The molecule has 3 rings (SSSR count). The van der Waals surface area contributed by atoms with Crippen LogP contribution in [0, 0.1) is 5.82 Å². The van der Waals surface area contributed by atoms with Gasteiger partial charge in [0.2, 0.25) is 10.0 Å². The SMILES string of the molecule is C[C@H](CC(N)CCc1ccccc1)NS(=O)(=O)c1ccc2cncc(F)c2c1.Cl. The highest BCUT2D eigenvalue weighted by Gasteiger charge is 2.20. The summed E-state index contributed by atoms with van der Waals surface area (Å²) in [4.78, 5) is 3.79. The van der Waals surface area contributed by atoms with Gasteiger partial charge >= 0.3 is 0 Å². The summed E-state index contributed by atoms with van der Waals surface area (Å²) in [6.45, 7) is 1.78. The van der Waals surface area contributed by atoms with Crippen LogP contribution in [0.5, 0.6) is 0 Å². The zero-order chi connectivity index (χ0) is 20.1. The molecule has 0 amide bonds. The van der Waals surface area contributed by atoms with Gasteiger partial charge in [0.1, 0.15) is 5.82 Å². The van der Waals surface area contributed by atoms with E-state index >= 15 is 0 Å². The number of nitrogens with zero attached hydrogens (tertiary/aromatic N) is 1. The van der Waals surface area contributed by atoms with Gasteiger partial charge in [0, 0.05) is 29.1 Å². The van der Waals surface area contributed by atoms with E-state index in [9.17, 15) is 12.8 Å². The first-order valence-corrected chi connectivity index (χ1v) is 10.7. The zero-order valence-corrected chi connectivity index (χ0v) is 17.7. The van der Waals surface area contributed by atoms with E-state index in [4.69, 9.17) is 5.73 Å². The van der Waals surface area contributed by atoms with Crippen molar-refractivity contribution in [3.05, 3.63) is 72.3 Å². The van der Waals surface area contributed by atoms with Crippen LogP contribution in [0.3, 0.4) is 0 Å². The number of hydrogen-bond acceptors (Lipinski definition) is 4. The predicted octanol–water partition coefficient (Wildman–Crippen LogP) is 3.81. The standard InChI is InChI=1S/C21H24FN3O2S.ClH/c1-15(11-18(23)9-7-16-5-3-2-4-6-16)25-28(26,27)19-10-8-17-13-24-14-21(22)20(17)12-19;/h2-6,8,10,12-15,18,25H,7,9,11,23H2,1H3;1H/t15-,18?;/m1./s1. The van der Waals surface area contributed by atoms with Gasteiger partial charge < -0.3 is 5.73 Å². The minimum atomic E-state index is -3.77. The second-order valence-electron chi connectivity index (χ2n) is 7.05. The van der Waals surface area contributed by atoms with Gasteiger partial charge in [-0.05, 0) is 43.9 Å². The minimum Gasteiger partial charge on any atom is -0.328 e. The summed E-state index contributed by atoms with van der Waals surface area (Å²) in [5.41, 5.74) is 7.39. The van der Waals surface area contributed by atoms with Crippen molar-refractivity contribution < 1.29 is 12.8 Å². The maximum atomic E-state index is 13.9. The average Bonchev–Trinajstić information content (AvgIpc) is 2.67. The Morgan fingerprint density at radius 2 is 1.86 bits per heavy atom. The molecule has 3 N–H and O–H groups in total. The molecule has 0 fully saturated rings. The summed E-state index contributed by atoms with van der Waals surface area (Å²) in [5, 5.41) is 0.778. The summed E-state index contributed by atoms with van der Waals surface area (Å²) < 4.78 is 41.9. The Morgan fingerprint density at radius 3 is 2.59 bits per heavy atom. The number of halogens is 2. The molecule has 3 aromatic rings. The smallest absolute Gasteiger partial charge is 0.240 e. The van der Waals surface area contributed by atoms with Crippen LogP contribution in [0.2, 0.25) is 0 Å². The molecule has 29 heavy (non-hydrogen) atoms. The van der Waals surface area contributed by atoms with E-state index in [1.807, 2.05) is 30.3 Å². The number of aromatic nitrogens is 1. The number of hydrogen-bond donors (Lipinski definition) is 2. The van der Waals surface area contributed by atoms with Crippen molar-refractivity contribution in [2.75, 3.05) is 0 Å². The van der Waals surface area contributed by atoms with Crippen molar-refractivity contribution in [1.29, 1.82) is 0 Å². The zero-order valence-electron chi connectivity index (χ0n) is 16.1. The van der Waals surface area contributed by atoms with Crippen LogP contribution in [0.4, 0.5) is 4.39 Å². The van der Waals surface area contributed by atoms with Crippen LogP contribution in [0.25, 0.3) is 10.8 Å². The molecule has 8 heteroatoms. The lowest BCUT2D eigenvalue weighted by Gasteiger charge is -2.19. The molecule has 1 unspecified atom stereocenters. The summed E-state index contributed by atoms with van der Waals surface area (Å²) in [6.07, 6.45) is 4.69. The lowest BCUT2D eigenvalue weighted by atomic mass is 10.0. The van der Waals surface area contributed by atoms with Crippen molar-refractivity contribution in [3.63, 3.8) is 0 Å². The Morgan fingerprint density at radius 1 is 1.14 bits per heavy atom. The maximum absolute atomic E-state index is 13.9. The van der Waals surface area contributed by atoms with Crippen molar-refractivity contribution in [2.45, 2.75) is 43.2 Å². The summed E-state index contributed by atoms with van der Waals surface area (Å²) in [7, 11) is -3.77. The first kappa shape index (κ1) is 23.2. The molecule has 2 atom stereocenters. The highest BCUT2D eigenvalue weighted by Crippen LogP contribution is 2.21. The topological polar surface area (TPSA) is 85.1 Å². The van der Waals surface area contributed by atoms with Gasteiger partial charge in [-0.25, -0.2) is 17.5 Å². The fraction of sp³-hybridized carbons (Fsp3) is 0.286. The van der Waals surface area contributed by atoms with Crippen LogP contribution < -0.4 is 10.5 Å². The quantitative estimate of drug-likeness (QED) is 0.561. The Hall–Kier alpha value is -2.06. The summed E-state index contributed by atoms with van der Waals surface area (Å²) >= 11 is 0. The van der Waals surface area contributed by atoms with Crippen molar-refractivity contribution >= 4 is 33.2 Å². The summed E-state index contributed by atoms with van der Waals surface area (Å²) in [5.74, 6) is -0.550. The van der Waals surface area contributed by atoms with Crippen LogP contribution in [-0.2, 0) is 16.4 Å². The molecule has 0 aliphatic rings. The molecule has 1 aromatic heterocycles. The van der Waals surface area contributed by atoms with E-state index < -0.39 is 15.8 Å². The third kappa shape index (κ3) is 6.21. The van der Waals surface area contributed by atoms with Gasteiger partial charge in [-0.1, -0.05) is 36.4 Å². The van der Waals surface area contributed by atoms with Gasteiger partial charge in [-0.2, -0.15) is 0 Å². The van der Waals surface area contributed by atoms with Crippen molar-refractivity contribution in [2.24, 2.45) is 5.73 Å². The Bertz CT molecular complexity index is 1050. The highest BCUT2D eigenvalue weighted by molar-refractivity contribution is 7.89. The molecular weight excluding hydrogens is 413 g/mol. The molecule has 5 nitrogen and oxygen atoms in total. The maximum Gasteiger partial charge on any atom is 0.240 e. The number of nitrogens with two attached hydrogens (primary N) is 1. The molecule has 2 aromatic carbocycles. The van der Waals surface area contributed by atoms with E-state index in [0.717, 1.165) is 19.0 Å². The van der Waals surface area contributed by atoms with E-state index in [-0.39, 0.29) is 34.8 Å². The molecule has 0 aliphatic carbocycles.